The Morgan fingerprint density at radius 2 is 1.83 bits per heavy atom. The highest BCUT2D eigenvalue weighted by Gasteiger charge is 2.36. The molecule has 2 unspecified atom stereocenters. The predicted octanol–water partition coefficient (Wildman–Crippen LogP) is 2.13. The zero-order valence-corrected chi connectivity index (χ0v) is 10.7. The molecule has 18 heavy (non-hydrogen) atoms. The van der Waals surface area contributed by atoms with E-state index in [1.807, 2.05) is 6.92 Å². The van der Waals surface area contributed by atoms with Crippen LogP contribution in [-0.4, -0.2) is 49.1 Å². The summed E-state index contributed by atoms with van der Waals surface area (Å²) in [7, 11) is 0. The molecule has 0 aromatic carbocycles. The molecule has 0 aliphatic carbocycles. The van der Waals surface area contributed by atoms with E-state index in [0.29, 0.717) is 24.7 Å². The molecule has 6 heteroatoms. The van der Waals surface area contributed by atoms with Gasteiger partial charge in [-0.15, -0.1) is 13.2 Å². The van der Waals surface area contributed by atoms with Gasteiger partial charge in [0.2, 0.25) is 0 Å². The topological polar surface area (TPSA) is 24.5 Å². The molecule has 0 aromatic heterocycles. The Morgan fingerprint density at radius 1 is 1.22 bits per heavy atom. The molecule has 106 valence electrons. The van der Waals surface area contributed by atoms with Crippen LogP contribution in [0.15, 0.2) is 0 Å². The van der Waals surface area contributed by atoms with Crippen molar-refractivity contribution in [3.63, 3.8) is 0 Å². The van der Waals surface area contributed by atoms with Gasteiger partial charge in [0, 0.05) is 24.7 Å². The lowest BCUT2D eigenvalue weighted by molar-refractivity contribution is -0.325. The fourth-order valence-electron chi connectivity index (χ4n) is 3.20. The Morgan fingerprint density at radius 3 is 2.33 bits per heavy atom. The van der Waals surface area contributed by atoms with Crippen LogP contribution in [0.4, 0.5) is 13.2 Å². The molecule has 2 aliphatic heterocycles. The van der Waals surface area contributed by atoms with Gasteiger partial charge >= 0.3 is 6.36 Å². The molecule has 0 saturated carbocycles. The summed E-state index contributed by atoms with van der Waals surface area (Å²) in [6.07, 6.45) is 0.00875. The van der Waals surface area contributed by atoms with Crippen molar-refractivity contribution in [1.82, 2.24) is 10.2 Å². The van der Waals surface area contributed by atoms with Crippen molar-refractivity contribution in [2.75, 3.05) is 19.7 Å². The third-order valence-electron chi connectivity index (χ3n) is 4.01. The summed E-state index contributed by atoms with van der Waals surface area (Å²) in [6.45, 7) is 2.87. The lowest BCUT2D eigenvalue weighted by Crippen LogP contribution is -2.49. The fourth-order valence-corrected chi connectivity index (χ4v) is 3.20. The molecule has 3 nitrogen and oxygen atoms in total. The number of piperidine rings is 1. The van der Waals surface area contributed by atoms with E-state index in [1.54, 1.807) is 0 Å². The second-order valence-electron chi connectivity index (χ2n) is 5.19. The monoisotopic (exact) mass is 266 g/mol. The molecule has 2 fully saturated rings. The predicted molar refractivity (Wildman–Crippen MR) is 62.2 cm³/mol. The number of fused-ring (bicyclic) bond motifs is 2. The number of alkyl halides is 3. The average molecular weight is 266 g/mol. The number of nitrogens with one attached hydrogen (secondary N) is 1. The minimum absolute atomic E-state index is 0.267. The third-order valence-corrected chi connectivity index (χ3v) is 4.01. The van der Waals surface area contributed by atoms with Crippen LogP contribution in [0.3, 0.4) is 0 Å². The maximum atomic E-state index is 11.9. The first kappa shape index (κ1) is 14.1. The first-order valence-corrected chi connectivity index (χ1v) is 6.68. The van der Waals surface area contributed by atoms with Gasteiger partial charge in [-0.3, -0.25) is 9.64 Å². The number of ether oxygens (including phenoxy) is 1. The Labute approximate surface area is 106 Å². The van der Waals surface area contributed by atoms with Crippen molar-refractivity contribution in [3.05, 3.63) is 0 Å². The van der Waals surface area contributed by atoms with Crippen molar-refractivity contribution in [3.8, 4) is 0 Å². The number of rotatable bonds is 5. The molecule has 2 bridgehead atoms. The standard InChI is InChI=1S/C12H21F3N2O/c1-2-17(5-6-18-12(13,14)15)11-7-9-3-4-10(8-11)16-9/h9-11,16H,2-8H2,1H3. The smallest absolute Gasteiger partial charge is 0.311 e. The summed E-state index contributed by atoms with van der Waals surface area (Å²) in [5, 5.41) is 3.54. The van der Waals surface area contributed by atoms with Crippen LogP contribution >= 0.6 is 0 Å². The summed E-state index contributed by atoms with van der Waals surface area (Å²) in [6, 6.07) is 1.53. The maximum absolute atomic E-state index is 11.9. The number of hydrogen-bond donors (Lipinski definition) is 1. The summed E-state index contributed by atoms with van der Waals surface area (Å²) in [5.41, 5.74) is 0. The van der Waals surface area contributed by atoms with E-state index < -0.39 is 6.36 Å². The molecule has 1 N–H and O–H groups in total. The van der Waals surface area contributed by atoms with Crippen LogP contribution in [0.5, 0.6) is 0 Å². The van der Waals surface area contributed by atoms with Crippen LogP contribution in [0, 0.1) is 0 Å². The number of hydrogen-bond acceptors (Lipinski definition) is 3. The Bertz CT molecular complexity index is 261. The van der Waals surface area contributed by atoms with Crippen LogP contribution in [-0.2, 0) is 4.74 Å². The van der Waals surface area contributed by atoms with Gasteiger partial charge in [0.15, 0.2) is 0 Å². The Balaban J connectivity index is 1.78. The summed E-state index contributed by atoms with van der Waals surface area (Å²) < 4.78 is 39.7. The van der Waals surface area contributed by atoms with Gasteiger partial charge in [-0.05, 0) is 32.2 Å². The van der Waals surface area contributed by atoms with E-state index in [4.69, 9.17) is 0 Å². The minimum atomic E-state index is -4.51. The van der Waals surface area contributed by atoms with E-state index in [0.717, 1.165) is 19.4 Å². The van der Waals surface area contributed by atoms with Gasteiger partial charge in [0.1, 0.15) is 0 Å². The molecular formula is C12H21F3N2O. The second-order valence-corrected chi connectivity index (χ2v) is 5.19. The van der Waals surface area contributed by atoms with E-state index in [-0.39, 0.29) is 6.61 Å². The van der Waals surface area contributed by atoms with Crippen LogP contribution in [0.25, 0.3) is 0 Å². The SMILES string of the molecule is CCN(CCOC(F)(F)F)C1CC2CCC(C1)N2. The zero-order valence-electron chi connectivity index (χ0n) is 10.7. The Hall–Kier alpha value is -0.330. The van der Waals surface area contributed by atoms with E-state index in [1.165, 1.54) is 12.8 Å². The zero-order chi connectivity index (χ0) is 13.2. The molecule has 2 atom stereocenters. The Kier molecular flexibility index (Phi) is 4.50. The molecule has 2 saturated heterocycles. The first-order chi connectivity index (χ1) is 8.48. The second kappa shape index (κ2) is 5.75. The molecular weight excluding hydrogens is 245 g/mol. The third kappa shape index (κ3) is 3.83. The summed E-state index contributed by atoms with van der Waals surface area (Å²) in [5.74, 6) is 0. The van der Waals surface area contributed by atoms with Crippen LogP contribution in [0.1, 0.15) is 32.6 Å². The van der Waals surface area contributed by atoms with E-state index >= 15 is 0 Å². The molecule has 2 heterocycles. The van der Waals surface area contributed by atoms with E-state index in [2.05, 4.69) is 15.0 Å². The highest BCUT2D eigenvalue weighted by molar-refractivity contribution is 4.95. The maximum Gasteiger partial charge on any atom is 0.522 e. The molecule has 0 radical (unpaired) electrons. The molecule has 0 spiro atoms. The molecule has 0 amide bonds. The average Bonchev–Trinajstić information content (AvgIpc) is 2.62. The minimum Gasteiger partial charge on any atom is -0.311 e. The number of nitrogens with zero attached hydrogens (tertiary/aromatic N) is 1. The lowest BCUT2D eigenvalue weighted by atomic mass is 9.98. The first-order valence-electron chi connectivity index (χ1n) is 6.68. The highest BCUT2D eigenvalue weighted by atomic mass is 19.4. The number of halogens is 3. The largest absolute Gasteiger partial charge is 0.522 e. The van der Waals surface area contributed by atoms with Gasteiger partial charge in [-0.25, -0.2) is 0 Å². The summed E-state index contributed by atoms with van der Waals surface area (Å²) in [4.78, 5) is 2.12. The number of likely N-dealkylation sites (N-methyl/N-ethyl adjacent to an activating group) is 1. The van der Waals surface area contributed by atoms with Crippen molar-refractivity contribution < 1.29 is 17.9 Å². The van der Waals surface area contributed by atoms with Gasteiger partial charge in [0.05, 0.1) is 6.61 Å². The van der Waals surface area contributed by atoms with Crippen molar-refractivity contribution in [2.45, 2.75) is 57.1 Å². The van der Waals surface area contributed by atoms with Crippen molar-refractivity contribution in [1.29, 1.82) is 0 Å². The quantitative estimate of drug-likeness (QED) is 0.825. The normalized spacial score (nSPS) is 32.2. The van der Waals surface area contributed by atoms with Crippen molar-refractivity contribution >= 4 is 0 Å². The lowest BCUT2D eigenvalue weighted by Gasteiger charge is -2.37. The highest BCUT2D eigenvalue weighted by Crippen LogP contribution is 2.29. The van der Waals surface area contributed by atoms with Gasteiger partial charge in [0.25, 0.3) is 0 Å². The molecule has 2 rings (SSSR count). The van der Waals surface area contributed by atoms with Crippen molar-refractivity contribution in [2.24, 2.45) is 0 Å². The van der Waals surface area contributed by atoms with Gasteiger partial charge < -0.3 is 5.32 Å². The molecule has 2 aliphatic rings. The molecule has 0 aromatic rings. The fraction of sp³-hybridized carbons (Fsp3) is 1.00. The van der Waals surface area contributed by atoms with Gasteiger partial charge in [-0.2, -0.15) is 0 Å². The van der Waals surface area contributed by atoms with Crippen LogP contribution < -0.4 is 5.32 Å². The van der Waals surface area contributed by atoms with Gasteiger partial charge in [-0.1, -0.05) is 6.92 Å². The summed E-state index contributed by atoms with van der Waals surface area (Å²) >= 11 is 0. The van der Waals surface area contributed by atoms with Crippen LogP contribution in [0.2, 0.25) is 0 Å². The van der Waals surface area contributed by atoms with E-state index in [9.17, 15) is 13.2 Å².